The average molecular weight is 470 g/mol. The number of nitrogens with one attached hydrogen (secondary N) is 1. The first-order chi connectivity index (χ1) is 15.7. The summed E-state index contributed by atoms with van der Waals surface area (Å²) in [5.41, 5.74) is 6.53. The van der Waals surface area contributed by atoms with Gasteiger partial charge in [0.15, 0.2) is 11.8 Å². The minimum atomic E-state index is -0.876. The number of aromatic nitrogens is 2. The fourth-order valence-electron chi connectivity index (χ4n) is 4.36. The zero-order valence-electron chi connectivity index (χ0n) is 18.5. The molecule has 2 aliphatic rings. The lowest BCUT2D eigenvalue weighted by Crippen LogP contribution is -2.37. The number of fused-ring (bicyclic) bond motifs is 1. The first-order valence-electron chi connectivity index (χ1n) is 10.3. The van der Waals surface area contributed by atoms with E-state index in [4.69, 9.17) is 21.6 Å². The van der Waals surface area contributed by atoms with Crippen molar-refractivity contribution in [3.05, 3.63) is 47.2 Å². The summed E-state index contributed by atoms with van der Waals surface area (Å²) in [5, 5.41) is 3.17. The second kappa shape index (κ2) is 8.65. The lowest BCUT2D eigenvalue weighted by molar-refractivity contribution is 0.102. The fourth-order valence-corrected chi connectivity index (χ4v) is 5.81. The third-order valence-corrected chi connectivity index (χ3v) is 7.24. The molecule has 1 aromatic carbocycles. The van der Waals surface area contributed by atoms with E-state index in [9.17, 15) is 4.79 Å². The zero-order valence-corrected chi connectivity index (χ0v) is 19.3. The Hall–Kier alpha value is -3.16. The number of anilines is 1. The number of carbonyl (C=O) groups excluding carboxylic acids is 1. The summed E-state index contributed by atoms with van der Waals surface area (Å²) in [6, 6.07) is 3.18. The quantitative estimate of drug-likeness (QED) is 0.600. The van der Waals surface area contributed by atoms with Gasteiger partial charge in [-0.25, -0.2) is 14.4 Å². The van der Waals surface area contributed by atoms with Crippen molar-refractivity contribution in [2.45, 2.75) is 30.6 Å². The molecule has 3 N–H and O–H groups in total. The largest absolute Gasteiger partial charge is 0.463 e. The first kappa shape index (κ1) is 23.0. The summed E-state index contributed by atoms with van der Waals surface area (Å²) in [4.78, 5) is 25.4. The maximum Gasteiger partial charge on any atom is 0.275 e. The number of hydrogen-bond donors (Lipinski definition) is 2. The number of carbonyl (C=O) groups is 1. The van der Waals surface area contributed by atoms with Gasteiger partial charge in [-0.2, -0.15) is 0 Å². The van der Waals surface area contributed by atoms with Gasteiger partial charge < -0.3 is 20.5 Å². The molecule has 172 valence electrons. The molecule has 0 spiro atoms. The van der Waals surface area contributed by atoms with E-state index >= 15 is 4.39 Å². The second-order valence-electron chi connectivity index (χ2n) is 8.30. The Labute approximate surface area is 195 Å². The number of rotatable bonds is 7. The van der Waals surface area contributed by atoms with Crippen LogP contribution < -0.4 is 15.8 Å². The monoisotopic (exact) mass is 469 g/mol. The summed E-state index contributed by atoms with van der Waals surface area (Å²) in [7, 11) is 1.64. The smallest absolute Gasteiger partial charge is 0.275 e. The van der Waals surface area contributed by atoms with Crippen LogP contribution in [0, 0.1) is 31.0 Å². The third-order valence-electron chi connectivity index (χ3n) is 5.96. The number of nitrogens with two attached hydrogens (primary N) is 1. The molecule has 1 aliphatic heterocycles. The molecule has 1 amide bonds. The van der Waals surface area contributed by atoms with Crippen LogP contribution in [-0.4, -0.2) is 46.1 Å². The Morgan fingerprint density at radius 2 is 2.21 bits per heavy atom. The molecule has 1 saturated carbocycles. The lowest BCUT2D eigenvalue weighted by atomic mass is 9.84. The van der Waals surface area contributed by atoms with E-state index in [1.807, 2.05) is 6.92 Å². The lowest BCUT2D eigenvalue weighted by Gasteiger charge is -2.34. The van der Waals surface area contributed by atoms with Crippen molar-refractivity contribution in [2.24, 2.45) is 16.6 Å². The minimum Gasteiger partial charge on any atom is -0.463 e. The molecule has 3 atom stereocenters. The Kier molecular flexibility index (Phi) is 6.03. The number of ether oxygens (including phenoxy) is 2. The molecule has 8 nitrogen and oxygen atoms in total. The number of amidine groups is 1. The second-order valence-corrected chi connectivity index (χ2v) is 9.73. The van der Waals surface area contributed by atoms with E-state index in [0.29, 0.717) is 28.6 Å². The van der Waals surface area contributed by atoms with Crippen LogP contribution in [0.15, 0.2) is 29.5 Å². The highest BCUT2D eigenvalue weighted by molar-refractivity contribution is 8.15. The Bertz CT molecular complexity index is 1170. The van der Waals surface area contributed by atoms with Gasteiger partial charge in [0.1, 0.15) is 11.5 Å². The fraction of sp³-hybridized carbons (Fsp3) is 0.391. The van der Waals surface area contributed by atoms with Crippen LogP contribution in [0.25, 0.3) is 0 Å². The van der Waals surface area contributed by atoms with Crippen molar-refractivity contribution in [2.75, 3.05) is 25.6 Å². The number of methoxy groups -OCH3 is 1. The van der Waals surface area contributed by atoms with Crippen molar-refractivity contribution in [3.8, 4) is 18.2 Å². The molecule has 1 fully saturated rings. The standard InChI is InChI=1S/C23H24FN5O3S/c1-5-6-32-18-11-26-16(10-27-18)20(30)28-14-7-13(2)19(24)15(8-14)22(3)17-9-23(17,12-31-4)33-21(25)29-22/h1,7-8,10-11,17H,6,9,12H2,2-4H3,(H2,25,29)(H,28,30)/t17-,22+,23+/m0/s1. The number of aryl methyl sites for hydroxylation is 1. The number of thioether (sulfide) groups is 1. The van der Waals surface area contributed by atoms with Gasteiger partial charge in [0, 0.05) is 24.3 Å². The summed E-state index contributed by atoms with van der Waals surface area (Å²) in [6.07, 6.45) is 8.55. The Morgan fingerprint density at radius 3 is 2.88 bits per heavy atom. The summed E-state index contributed by atoms with van der Waals surface area (Å²) < 4.78 is 25.7. The molecule has 2 heterocycles. The number of aliphatic imine (C=N–C) groups is 1. The van der Waals surface area contributed by atoms with Crippen LogP contribution >= 0.6 is 11.8 Å². The van der Waals surface area contributed by atoms with Crippen LogP contribution in [0.1, 0.15) is 35.0 Å². The molecule has 10 heteroatoms. The van der Waals surface area contributed by atoms with Crippen LogP contribution in [0.2, 0.25) is 0 Å². The maximum absolute atomic E-state index is 15.3. The summed E-state index contributed by atoms with van der Waals surface area (Å²) >= 11 is 1.49. The van der Waals surface area contributed by atoms with Crippen LogP contribution in [0.5, 0.6) is 5.88 Å². The number of hydrogen-bond acceptors (Lipinski definition) is 8. The molecule has 1 aliphatic carbocycles. The molecule has 1 aromatic heterocycles. The highest BCUT2D eigenvalue weighted by atomic mass is 32.2. The van der Waals surface area contributed by atoms with E-state index in [1.165, 1.54) is 24.2 Å². The molecule has 0 bridgehead atoms. The molecule has 0 saturated heterocycles. The van der Waals surface area contributed by atoms with Gasteiger partial charge in [0.25, 0.3) is 5.91 Å². The van der Waals surface area contributed by atoms with Gasteiger partial charge in [-0.15, -0.1) is 6.42 Å². The molecule has 4 rings (SSSR count). The van der Waals surface area contributed by atoms with Crippen molar-refractivity contribution in [1.29, 1.82) is 0 Å². The van der Waals surface area contributed by atoms with Gasteiger partial charge >= 0.3 is 0 Å². The van der Waals surface area contributed by atoms with E-state index in [-0.39, 0.29) is 34.7 Å². The normalized spacial score (nSPS) is 25.4. The van der Waals surface area contributed by atoms with Crippen molar-refractivity contribution in [3.63, 3.8) is 0 Å². The van der Waals surface area contributed by atoms with Gasteiger partial charge in [-0.1, -0.05) is 17.7 Å². The SMILES string of the molecule is C#CCOc1cnc(C(=O)Nc2cc(C)c(F)c([C@@]3(C)N=C(N)S[C@@]4(COC)C[C@H]43)c2)cn1. The van der Waals surface area contributed by atoms with E-state index < -0.39 is 11.4 Å². The van der Waals surface area contributed by atoms with Gasteiger partial charge in [0.05, 0.1) is 29.3 Å². The zero-order chi connectivity index (χ0) is 23.8. The molecular formula is C23H24FN5O3S. The molecule has 33 heavy (non-hydrogen) atoms. The Balaban J connectivity index is 1.61. The topological polar surface area (TPSA) is 112 Å². The van der Waals surface area contributed by atoms with Crippen molar-refractivity contribution in [1.82, 2.24) is 9.97 Å². The molecule has 2 aromatic rings. The Morgan fingerprint density at radius 1 is 1.42 bits per heavy atom. The number of benzene rings is 1. The van der Waals surface area contributed by atoms with Gasteiger partial charge in [-0.3, -0.25) is 9.79 Å². The molecule has 0 unspecified atom stereocenters. The van der Waals surface area contributed by atoms with E-state index in [2.05, 4.69) is 26.2 Å². The predicted molar refractivity (Wildman–Crippen MR) is 125 cm³/mol. The predicted octanol–water partition coefficient (Wildman–Crippen LogP) is 2.87. The molecular weight excluding hydrogens is 445 g/mol. The minimum absolute atomic E-state index is 0.0504. The number of terminal acetylenes is 1. The highest BCUT2D eigenvalue weighted by Crippen LogP contribution is 2.66. The maximum atomic E-state index is 15.3. The van der Waals surface area contributed by atoms with Crippen LogP contribution in [0.3, 0.4) is 0 Å². The van der Waals surface area contributed by atoms with Crippen LogP contribution in [-0.2, 0) is 10.3 Å². The number of nitrogens with zero attached hydrogens (tertiary/aromatic N) is 3. The third kappa shape index (κ3) is 4.26. The van der Waals surface area contributed by atoms with Crippen molar-refractivity contribution >= 4 is 28.5 Å². The van der Waals surface area contributed by atoms with E-state index in [1.54, 1.807) is 26.2 Å². The summed E-state index contributed by atoms with van der Waals surface area (Å²) in [6.45, 7) is 4.08. The summed E-state index contributed by atoms with van der Waals surface area (Å²) in [5.74, 6) is 1.74. The van der Waals surface area contributed by atoms with Crippen LogP contribution in [0.4, 0.5) is 10.1 Å². The van der Waals surface area contributed by atoms with Crippen molar-refractivity contribution < 1.29 is 18.7 Å². The molecule has 0 radical (unpaired) electrons. The number of amides is 1. The van der Waals surface area contributed by atoms with Gasteiger partial charge in [0.2, 0.25) is 5.88 Å². The first-order valence-corrected chi connectivity index (χ1v) is 11.1. The van der Waals surface area contributed by atoms with Gasteiger partial charge in [-0.05, 0) is 38.0 Å². The average Bonchev–Trinajstić information content (AvgIpc) is 3.49. The van der Waals surface area contributed by atoms with E-state index in [0.717, 1.165) is 6.42 Å². The highest BCUT2D eigenvalue weighted by Gasteiger charge is 2.66. The number of halogens is 1.